The van der Waals surface area contributed by atoms with Crippen LogP contribution in [0.4, 0.5) is 0 Å². The first-order chi connectivity index (χ1) is 13.7. The Bertz CT molecular complexity index is 790. The second-order valence-electron chi connectivity index (χ2n) is 7.20. The molecule has 1 aromatic carbocycles. The van der Waals surface area contributed by atoms with Gasteiger partial charge in [-0.15, -0.1) is 0 Å². The number of guanidine groups is 1. The Morgan fingerprint density at radius 2 is 2.11 bits per heavy atom. The summed E-state index contributed by atoms with van der Waals surface area (Å²) >= 11 is 0. The summed E-state index contributed by atoms with van der Waals surface area (Å²) in [5.74, 6) is 1.55. The van der Waals surface area contributed by atoms with E-state index < -0.39 is 10.8 Å². The highest BCUT2D eigenvalue weighted by Crippen LogP contribution is 2.23. The lowest BCUT2D eigenvalue weighted by Crippen LogP contribution is -2.46. The molecule has 152 valence electrons. The largest absolute Gasteiger partial charge is 0.354 e. The van der Waals surface area contributed by atoms with Gasteiger partial charge in [-0.1, -0.05) is 37.6 Å². The van der Waals surface area contributed by atoms with E-state index in [9.17, 15) is 4.21 Å². The van der Waals surface area contributed by atoms with Crippen LogP contribution in [0.5, 0.6) is 0 Å². The number of rotatable bonds is 7. The van der Waals surface area contributed by atoms with Gasteiger partial charge in [0.1, 0.15) is 0 Å². The van der Waals surface area contributed by atoms with Crippen molar-refractivity contribution in [2.24, 2.45) is 4.99 Å². The molecular formula is C21H31N5OS. The van der Waals surface area contributed by atoms with Crippen molar-refractivity contribution in [1.29, 1.82) is 0 Å². The molecule has 1 aliphatic carbocycles. The van der Waals surface area contributed by atoms with E-state index in [1.807, 2.05) is 23.9 Å². The molecule has 3 unspecified atom stereocenters. The molecule has 0 bridgehead atoms. The molecule has 3 rings (SSSR count). The molecule has 0 aliphatic heterocycles. The third-order valence-electron chi connectivity index (χ3n) is 5.30. The van der Waals surface area contributed by atoms with Gasteiger partial charge in [-0.3, -0.25) is 13.9 Å². The van der Waals surface area contributed by atoms with Crippen molar-refractivity contribution in [2.75, 3.05) is 12.8 Å². The van der Waals surface area contributed by atoms with Crippen LogP contribution in [0.15, 0.2) is 47.7 Å². The molecule has 7 heteroatoms. The van der Waals surface area contributed by atoms with E-state index in [-0.39, 0.29) is 0 Å². The van der Waals surface area contributed by atoms with Crippen molar-refractivity contribution in [2.45, 2.75) is 57.0 Å². The number of hydrogen-bond donors (Lipinski definition) is 2. The Morgan fingerprint density at radius 1 is 1.29 bits per heavy atom. The Labute approximate surface area is 170 Å². The van der Waals surface area contributed by atoms with Crippen molar-refractivity contribution in [3.05, 3.63) is 53.9 Å². The third kappa shape index (κ3) is 5.67. The van der Waals surface area contributed by atoms with Crippen LogP contribution in [-0.4, -0.2) is 44.0 Å². The van der Waals surface area contributed by atoms with Gasteiger partial charge in [0.05, 0.1) is 6.54 Å². The van der Waals surface area contributed by atoms with Crippen LogP contribution in [0.2, 0.25) is 0 Å². The van der Waals surface area contributed by atoms with E-state index in [1.54, 1.807) is 13.2 Å². The average molecular weight is 402 g/mol. The van der Waals surface area contributed by atoms with Gasteiger partial charge in [-0.2, -0.15) is 5.10 Å². The summed E-state index contributed by atoms with van der Waals surface area (Å²) in [5, 5.41) is 11.6. The fourth-order valence-electron chi connectivity index (χ4n) is 3.77. The Hall–Kier alpha value is -2.15. The minimum Gasteiger partial charge on any atom is -0.354 e. The number of nitrogens with one attached hydrogen (secondary N) is 2. The maximum Gasteiger partial charge on any atom is 0.191 e. The zero-order valence-electron chi connectivity index (χ0n) is 16.8. The van der Waals surface area contributed by atoms with E-state index in [0.717, 1.165) is 43.9 Å². The molecule has 6 nitrogen and oxygen atoms in total. The van der Waals surface area contributed by atoms with Gasteiger partial charge < -0.3 is 10.6 Å². The van der Waals surface area contributed by atoms with Crippen LogP contribution in [0.3, 0.4) is 0 Å². The summed E-state index contributed by atoms with van der Waals surface area (Å²) < 4.78 is 14.1. The second kappa shape index (κ2) is 10.4. The smallest absolute Gasteiger partial charge is 0.191 e. The first-order valence-corrected chi connectivity index (χ1v) is 11.5. The van der Waals surface area contributed by atoms with Gasteiger partial charge in [0.2, 0.25) is 0 Å². The monoisotopic (exact) mass is 401 g/mol. The molecule has 0 saturated heterocycles. The average Bonchev–Trinajstić information content (AvgIpc) is 3.24. The summed E-state index contributed by atoms with van der Waals surface area (Å²) in [6.45, 7) is 3.46. The van der Waals surface area contributed by atoms with Crippen molar-refractivity contribution in [3.63, 3.8) is 0 Å². The third-order valence-corrected chi connectivity index (χ3v) is 7.04. The summed E-state index contributed by atoms with van der Waals surface area (Å²) in [4.78, 5) is 4.39. The highest BCUT2D eigenvalue weighted by molar-refractivity contribution is 7.85. The van der Waals surface area contributed by atoms with Crippen molar-refractivity contribution in [1.82, 2.24) is 20.4 Å². The Balaban J connectivity index is 1.57. The summed E-state index contributed by atoms with van der Waals surface area (Å²) in [6.07, 6.45) is 8.04. The highest BCUT2D eigenvalue weighted by atomic mass is 32.2. The molecule has 2 N–H and O–H groups in total. The van der Waals surface area contributed by atoms with Gasteiger partial charge >= 0.3 is 0 Å². The predicted octanol–water partition coefficient (Wildman–Crippen LogP) is 2.68. The lowest BCUT2D eigenvalue weighted by atomic mass is 9.95. The lowest BCUT2D eigenvalue weighted by molar-refractivity contribution is 0.413. The van der Waals surface area contributed by atoms with Crippen LogP contribution in [0.1, 0.15) is 43.7 Å². The van der Waals surface area contributed by atoms with Crippen molar-refractivity contribution < 1.29 is 4.21 Å². The topological polar surface area (TPSA) is 71.3 Å². The SMILES string of the molecule is CCS(=O)C1CCCC(NC(=NC)NCc2ccccc2Cn2cccn2)C1. The van der Waals surface area contributed by atoms with Crippen LogP contribution < -0.4 is 10.6 Å². The number of aromatic nitrogens is 2. The first-order valence-electron chi connectivity index (χ1n) is 10.1. The molecule has 0 radical (unpaired) electrons. The Kier molecular flexibility index (Phi) is 7.65. The van der Waals surface area contributed by atoms with Gasteiger partial charge in [-0.25, -0.2) is 0 Å². The minimum atomic E-state index is -0.712. The molecule has 1 aromatic heterocycles. The normalized spacial score (nSPS) is 21.3. The fraction of sp³-hybridized carbons (Fsp3) is 0.524. The van der Waals surface area contributed by atoms with Gasteiger partial charge in [0.15, 0.2) is 5.96 Å². The fourth-order valence-corrected chi connectivity index (χ4v) is 5.12. The molecule has 1 fully saturated rings. The van der Waals surface area contributed by atoms with E-state index in [0.29, 0.717) is 17.8 Å². The number of aliphatic imine (C=N–C) groups is 1. The molecule has 1 saturated carbocycles. The molecule has 28 heavy (non-hydrogen) atoms. The quantitative estimate of drug-likeness (QED) is 0.553. The predicted molar refractivity (Wildman–Crippen MR) is 116 cm³/mol. The minimum absolute atomic E-state index is 0.309. The van der Waals surface area contributed by atoms with Crippen LogP contribution in [0, 0.1) is 0 Å². The van der Waals surface area contributed by atoms with Crippen molar-refractivity contribution in [3.8, 4) is 0 Å². The maximum absolute atomic E-state index is 12.2. The zero-order valence-corrected chi connectivity index (χ0v) is 17.6. The molecule has 2 aromatic rings. The van der Waals surface area contributed by atoms with E-state index in [2.05, 4.69) is 45.0 Å². The molecule has 0 spiro atoms. The first kappa shape index (κ1) is 20.6. The molecule has 0 amide bonds. The Morgan fingerprint density at radius 3 is 2.82 bits per heavy atom. The second-order valence-corrected chi connectivity index (χ2v) is 9.20. The molecule has 3 atom stereocenters. The molecule has 1 aliphatic rings. The number of nitrogens with zero attached hydrogens (tertiary/aromatic N) is 3. The lowest BCUT2D eigenvalue weighted by Gasteiger charge is -2.30. The van der Waals surface area contributed by atoms with Gasteiger partial charge in [-0.05, 0) is 36.5 Å². The van der Waals surface area contributed by atoms with Crippen LogP contribution >= 0.6 is 0 Å². The van der Waals surface area contributed by atoms with E-state index in [4.69, 9.17) is 0 Å². The zero-order chi connectivity index (χ0) is 19.8. The van der Waals surface area contributed by atoms with Crippen LogP contribution in [0.25, 0.3) is 0 Å². The van der Waals surface area contributed by atoms with Gasteiger partial charge in [0, 0.05) is 53.8 Å². The number of hydrogen-bond acceptors (Lipinski definition) is 3. The van der Waals surface area contributed by atoms with Crippen molar-refractivity contribution >= 4 is 16.8 Å². The maximum atomic E-state index is 12.2. The standard InChI is InChI=1S/C21H31N5OS/c1-3-28(27)20-11-6-10-19(14-20)25-21(22-2)23-15-17-8-4-5-9-18(17)16-26-13-7-12-24-26/h4-5,7-9,12-13,19-20H,3,6,10-11,14-16H2,1-2H3,(H2,22,23,25). The van der Waals surface area contributed by atoms with E-state index >= 15 is 0 Å². The number of benzene rings is 1. The molecule has 1 heterocycles. The summed E-state index contributed by atoms with van der Waals surface area (Å²) in [7, 11) is 1.09. The molecular weight excluding hydrogens is 370 g/mol. The summed E-state index contributed by atoms with van der Waals surface area (Å²) in [6, 6.07) is 10.7. The highest BCUT2D eigenvalue weighted by Gasteiger charge is 2.26. The van der Waals surface area contributed by atoms with Crippen LogP contribution in [-0.2, 0) is 23.9 Å². The summed E-state index contributed by atoms with van der Waals surface area (Å²) in [5.41, 5.74) is 2.47. The van der Waals surface area contributed by atoms with E-state index in [1.165, 1.54) is 11.1 Å². The van der Waals surface area contributed by atoms with Gasteiger partial charge in [0.25, 0.3) is 0 Å².